The van der Waals surface area contributed by atoms with Crippen molar-refractivity contribution in [1.29, 1.82) is 0 Å². The number of hydrogen-bond acceptors (Lipinski definition) is 7. The van der Waals surface area contributed by atoms with Crippen LogP contribution in [0.1, 0.15) is 52.1 Å². The number of nitrogens with zero attached hydrogens (tertiary/aromatic N) is 2. The molecular weight excluding hydrogens is 430 g/mol. The molecule has 0 radical (unpaired) electrons. The molecule has 3 N–H and O–H groups in total. The van der Waals surface area contributed by atoms with Crippen LogP contribution in [0.25, 0.3) is 11.0 Å². The van der Waals surface area contributed by atoms with Crippen LogP contribution in [-0.2, 0) is 6.54 Å². The summed E-state index contributed by atoms with van der Waals surface area (Å²) in [6, 6.07) is 6.09. The number of nitrogens with one attached hydrogen (secondary N) is 3. The quantitative estimate of drug-likeness (QED) is 0.474. The number of aromatic amines is 1. The SMILES string of the molecule is CCn1c(=O)[nH]c(=O)c2c(C(=O)NNC(=O)c3ccc(OC)c(OC)c3)cc(C3CC3)nc21. The first-order chi connectivity index (χ1) is 15.9. The van der Waals surface area contributed by atoms with Gasteiger partial charge in [-0.15, -0.1) is 0 Å². The molecule has 2 aromatic heterocycles. The van der Waals surface area contributed by atoms with Gasteiger partial charge in [0.25, 0.3) is 17.4 Å². The molecule has 0 aliphatic heterocycles. The Morgan fingerprint density at radius 2 is 1.79 bits per heavy atom. The summed E-state index contributed by atoms with van der Waals surface area (Å²) in [5, 5.41) is -0.0151. The summed E-state index contributed by atoms with van der Waals surface area (Å²) < 4.78 is 11.7. The molecule has 0 atom stereocenters. The van der Waals surface area contributed by atoms with Crippen molar-refractivity contribution < 1.29 is 19.1 Å². The second kappa shape index (κ2) is 8.77. The summed E-state index contributed by atoms with van der Waals surface area (Å²) in [6.45, 7) is 2.01. The van der Waals surface area contributed by atoms with Crippen LogP contribution in [0.15, 0.2) is 33.9 Å². The monoisotopic (exact) mass is 453 g/mol. The summed E-state index contributed by atoms with van der Waals surface area (Å²) >= 11 is 0. The van der Waals surface area contributed by atoms with Gasteiger partial charge in [-0.3, -0.25) is 34.8 Å². The van der Waals surface area contributed by atoms with E-state index in [1.54, 1.807) is 13.0 Å². The normalized spacial score (nSPS) is 12.9. The lowest BCUT2D eigenvalue weighted by Crippen LogP contribution is -2.42. The highest BCUT2D eigenvalue weighted by molar-refractivity contribution is 6.06. The highest BCUT2D eigenvalue weighted by Gasteiger charge is 2.28. The Kier molecular flexibility index (Phi) is 5.86. The molecule has 2 amide bonds. The summed E-state index contributed by atoms with van der Waals surface area (Å²) in [6.07, 6.45) is 1.82. The molecule has 11 nitrogen and oxygen atoms in total. The largest absolute Gasteiger partial charge is 0.493 e. The van der Waals surface area contributed by atoms with Crippen molar-refractivity contribution in [2.24, 2.45) is 0 Å². The van der Waals surface area contributed by atoms with Gasteiger partial charge in [-0.1, -0.05) is 0 Å². The number of methoxy groups -OCH3 is 2. The first-order valence-corrected chi connectivity index (χ1v) is 10.4. The third-order valence-electron chi connectivity index (χ3n) is 5.46. The number of aryl methyl sites for hydroxylation is 1. The third kappa shape index (κ3) is 4.16. The maximum Gasteiger partial charge on any atom is 0.329 e. The molecule has 0 spiro atoms. The fourth-order valence-corrected chi connectivity index (χ4v) is 3.58. The van der Waals surface area contributed by atoms with E-state index >= 15 is 0 Å². The molecule has 1 saturated carbocycles. The highest BCUT2D eigenvalue weighted by atomic mass is 16.5. The molecule has 11 heteroatoms. The van der Waals surface area contributed by atoms with Gasteiger partial charge in [0.1, 0.15) is 0 Å². The van der Waals surface area contributed by atoms with Gasteiger partial charge in [0.2, 0.25) is 0 Å². The van der Waals surface area contributed by atoms with E-state index in [9.17, 15) is 19.2 Å². The van der Waals surface area contributed by atoms with E-state index in [-0.39, 0.29) is 34.6 Å². The number of amides is 2. The lowest BCUT2D eigenvalue weighted by Gasteiger charge is -2.13. The molecule has 0 saturated heterocycles. The number of H-pyrrole nitrogens is 1. The predicted octanol–water partition coefficient (Wildman–Crippen LogP) is 1.07. The molecule has 2 heterocycles. The van der Waals surface area contributed by atoms with E-state index < -0.39 is 23.1 Å². The molecule has 0 unspecified atom stereocenters. The van der Waals surface area contributed by atoms with Crippen molar-refractivity contribution in [3.05, 3.63) is 61.9 Å². The van der Waals surface area contributed by atoms with E-state index in [4.69, 9.17) is 9.47 Å². The van der Waals surface area contributed by atoms with Crippen molar-refractivity contribution in [3.63, 3.8) is 0 Å². The molecule has 1 fully saturated rings. The van der Waals surface area contributed by atoms with Crippen LogP contribution < -0.4 is 31.6 Å². The van der Waals surface area contributed by atoms with Crippen molar-refractivity contribution in [2.75, 3.05) is 14.2 Å². The Morgan fingerprint density at radius 3 is 2.42 bits per heavy atom. The van der Waals surface area contributed by atoms with E-state index in [2.05, 4.69) is 20.8 Å². The standard InChI is InChI=1S/C22H23N5O6/c1-4-27-18-17(21(30)24-22(27)31)13(10-14(23-18)11-5-6-11)20(29)26-25-19(28)12-7-8-15(32-2)16(9-12)33-3/h7-11H,4-6H2,1-3H3,(H,25,28)(H,26,29)(H,24,30,31). The van der Waals surface area contributed by atoms with E-state index in [0.29, 0.717) is 17.2 Å². The van der Waals surface area contributed by atoms with Crippen molar-refractivity contribution >= 4 is 22.8 Å². The van der Waals surface area contributed by atoms with Gasteiger partial charge in [0, 0.05) is 23.7 Å². The van der Waals surface area contributed by atoms with Crippen molar-refractivity contribution in [2.45, 2.75) is 32.2 Å². The Morgan fingerprint density at radius 1 is 1.09 bits per heavy atom. The van der Waals surface area contributed by atoms with Gasteiger partial charge in [-0.05, 0) is 44.0 Å². The smallest absolute Gasteiger partial charge is 0.329 e. The lowest BCUT2D eigenvalue weighted by molar-refractivity contribution is 0.0847. The molecular formula is C22H23N5O6. The molecule has 0 bridgehead atoms. The summed E-state index contributed by atoms with van der Waals surface area (Å²) in [5.74, 6) is -0.318. The van der Waals surface area contributed by atoms with Gasteiger partial charge in [0.15, 0.2) is 17.1 Å². The molecule has 172 valence electrons. The topological polar surface area (TPSA) is 144 Å². The second-order valence-corrected chi connectivity index (χ2v) is 7.55. The number of rotatable bonds is 6. The lowest BCUT2D eigenvalue weighted by atomic mass is 10.1. The Hall–Kier alpha value is -4.15. The Bertz CT molecular complexity index is 1370. The van der Waals surface area contributed by atoms with Gasteiger partial charge < -0.3 is 9.47 Å². The minimum atomic E-state index is -0.717. The number of aromatic nitrogens is 3. The van der Waals surface area contributed by atoms with Gasteiger partial charge in [0.05, 0.1) is 25.2 Å². The van der Waals surface area contributed by atoms with E-state index in [1.165, 1.54) is 37.0 Å². The van der Waals surface area contributed by atoms with Crippen LogP contribution in [0, 0.1) is 0 Å². The second-order valence-electron chi connectivity index (χ2n) is 7.55. The minimum Gasteiger partial charge on any atom is -0.493 e. The van der Waals surface area contributed by atoms with Crippen LogP contribution in [0.2, 0.25) is 0 Å². The van der Waals surface area contributed by atoms with Gasteiger partial charge in [-0.2, -0.15) is 0 Å². The molecule has 1 aliphatic carbocycles. The zero-order valence-corrected chi connectivity index (χ0v) is 18.4. The van der Waals surface area contributed by atoms with Crippen LogP contribution in [-0.4, -0.2) is 40.6 Å². The van der Waals surface area contributed by atoms with Crippen molar-refractivity contribution in [1.82, 2.24) is 25.4 Å². The molecule has 1 aliphatic rings. The van der Waals surface area contributed by atoms with Gasteiger partial charge >= 0.3 is 5.69 Å². The minimum absolute atomic E-state index is 0.0151. The summed E-state index contributed by atoms with van der Waals surface area (Å²) in [7, 11) is 2.92. The average Bonchev–Trinajstić information content (AvgIpc) is 3.66. The fourth-order valence-electron chi connectivity index (χ4n) is 3.58. The van der Waals surface area contributed by atoms with Crippen LogP contribution >= 0.6 is 0 Å². The molecule has 33 heavy (non-hydrogen) atoms. The summed E-state index contributed by atoms with van der Waals surface area (Å²) in [4.78, 5) is 57.1. The van der Waals surface area contributed by atoms with Crippen LogP contribution in [0.3, 0.4) is 0 Å². The number of carbonyl (C=O) groups excluding carboxylic acids is 2. The Labute approximate surface area is 187 Å². The average molecular weight is 453 g/mol. The highest BCUT2D eigenvalue weighted by Crippen LogP contribution is 2.39. The zero-order valence-electron chi connectivity index (χ0n) is 18.4. The first kappa shape index (κ1) is 22.1. The molecule has 1 aromatic carbocycles. The van der Waals surface area contributed by atoms with E-state index in [0.717, 1.165) is 12.8 Å². The number of benzene rings is 1. The van der Waals surface area contributed by atoms with Gasteiger partial charge in [-0.25, -0.2) is 9.78 Å². The number of ether oxygens (including phenoxy) is 2. The van der Waals surface area contributed by atoms with Crippen LogP contribution in [0.4, 0.5) is 0 Å². The number of fused-ring (bicyclic) bond motifs is 1. The Balaban J connectivity index is 1.66. The zero-order chi connectivity index (χ0) is 23.7. The fraction of sp³-hybridized carbons (Fsp3) is 0.318. The predicted molar refractivity (Wildman–Crippen MR) is 119 cm³/mol. The number of hydrogen-bond donors (Lipinski definition) is 3. The number of hydrazine groups is 1. The molecule has 4 rings (SSSR count). The van der Waals surface area contributed by atoms with E-state index in [1.807, 2.05) is 0 Å². The summed E-state index contributed by atoms with van der Waals surface area (Å²) in [5.41, 5.74) is 4.40. The maximum absolute atomic E-state index is 13.0. The van der Waals surface area contributed by atoms with Crippen LogP contribution in [0.5, 0.6) is 11.5 Å². The molecule has 3 aromatic rings. The third-order valence-corrected chi connectivity index (χ3v) is 5.46. The number of carbonyl (C=O) groups is 2. The first-order valence-electron chi connectivity index (χ1n) is 10.4. The number of pyridine rings is 1. The maximum atomic E-state index is 13.0. The van der Waals surface area contributed by atoms with Crippen molar-refractivity contribution in [3.8, 4) is 11.5 Å².